The molecule has 1 atom stereocenters. The van der Waals surface area contributed by atoms with E-state index in [0.29, 0.717) is 5.69 Å². The van der Waals surface area contributed by atoms with Gasteiger partial charge in [-0.25, -0.2) is 0 Å². The molecular formula is C24H32F3N3S. The first-order chi connectivity index (χ1) is 14.5. The number of hydrogen-bond donors (Lipinski definition) is 0. The summed E-state index contributed by atoms with van der Waals surface area (Å²) in [7, 11) is 0. The Hall–Kier alpha value is -1.47. The highest BCUT2D eigenvalue weighted by molar-refractivity contribution is 7.80. The van der Waals surface area contributed by atoms with E-state index in [9.17, 15) is 13.2 Å². The van der Waals surface area contributed by atoms with Gasteiger partial charge in [0.15, 0.2) is 0 Å². The van der Waals surface area contributed by atoms with E-state index in [1.165, 1.54) is 18.6 Å². The van der Waals surface area contributed by atoms with Crippen molar-refractivity contribution in [2.75, 3.05) is 18.0 Å². The fraction of sp³-hybridized carbons (Fsp3) is 0.667. The molecule has 4 rings (SSSR count). The molecule has 3 fully saturated rings. The molecule has 1 aliphatic carbocycles. The first-order valence-electron chi connectivity index (χ1n) is 11.4. The lowest BCUT2D eigenvalue weighted by atomic mass is 9.70. The fourth-order valence-corrected chi connectivity index (χ4v) is 6.04. The molecule has 1 spiro atoms. The van der Waals surface area contributed by atoms with Crippen molar-refractivity contribution >= 4 is 28.7 Å². The molecule has 0 amide bonds. The van der Waals surface area contributed by atoms with Crippen LogP contribution in [0.1, 0.15) is 71.3 Å². The van der Waals surface area contributed by atoms with E-state index in [2.05, 4.69) is 4.90 Å². The Morgan fingerprint density at radius 1 is 1.00 bits per heavy atom. The maximum atomic E-state index is 13.5. The SMILES string of the molecule is CC(C)(C)N=C1[C@@H](N2CCCC2)C2(CCCCC2)C(=S)N1c1cccc(C(F)(F)F)c1. The summed E-state index contributed by atoms with van der Waals surface area (Å²) >= 11 is 6.11. The third kappa shape index (κ3) is 4.28. The van der Waals surface area contributed by atoms with Crippen LogP contribution in [-0.4, -0.2) is 40.4 Å². The molecule has 2 saturated heterocycles. The summed E-state index contributed by atoms with van der Waals surface area (Å²) in [6.45, 7) is 8.12. The van der Waals surface area contributed by atoms with Gasteiger partial charge in [-0.1, -0.05) is 37.5 Å². The molecule has 0 unspecified atom stereocenters. The Bertz CT molecular complexity index is 860. The lowest BCUT2D eigenvalue weighted by Gasteiger charge is -2.41. The van der Waals surface area contributed by atoms with Crippen LogP contribution in [0.5, 0.6) is 0 Å². The molecule has 1 saturated carbocycles. The zero-order valence-corrected chi connectivity index (χ0v) is 19.5. The molecule has 2 aliphatic heterocycles. The number of hydrogen-bond acceptors (Lipinski definition) is 3. The molecule has 0 N–H and O–H groups in total. The van der Waals surface area contributed by atoms with E-state index in [1.54, 1.807) is 6.07 Å². The zero-order chi connectivity index (χ0) is 22.4. The normalized spacial score (nSPS) is 26.4. The summed E-state index contributed by atoms with van der Waals surface area (Å²) in [5, 5.41) is 0. The van der Waals surface area contributed by atoms with Crippen molar-refractivity contribution < 1.29 is 13.2 Å². The van der Waals surface area contributed by atoms with Gasteiger partial charge in [-0.3, -0.25) is 14.8 Å². The molecule has 1 aromatic rings. The lowest BCUT2D eigenvalue weighted by Crippen LogP contribution is -2.50. The summed E-state index contributed by atoms with van der Waals surface area (Å²) in [6.07, 6.45) is 3.24. The molecule has 1 aromatic carbocycles. The number of nitrogens with zero attached hydrogens (tertiary/aromatic N) is 3. The van der Waals surface area contributed by atoms with E-state index in [1.807, 2.05) is 25.7 Å². The van der Waals surface area contributed by atoms with Gasteiger partial charge in [0.1, 0.15) is 5.84 Å². The maximum Gasteiger partial charge on any atom is 0.416 e. The largest absolute Gasteiger partial charge is 0.416 e. The molecule has 170 valence electrons. The zero-order valence-electron chi connectivity index (χ0n) is 18.6. The number of aliphatic imine (C=N–C) groups is 1. The monoisotopic (exact) mass is 451 g/mol. The van der Waals surface area contributed by atoms with Crippen molar-refractivity contribution in [3.8, 4) is 0 Å². The number of benzene rings is 1. The van der Waals surface area contributed by atoms with Gasteiger partial charge in [0.05, 0.1) is 22.1 Å². The van der Waals surface area contributed by atoms with Crippen LogP contribution in [0.3, 0.4) is 0 Å². The molecule has 0 aromatic heterocycles. The topological polar surface area (TPSA) is 18.8 Å². The third-order valence-electron chi connectivity index (χ3n) is 6.76. The second-order valence-electron chi connectivity index (χ2n) is 10.2. The maximum absolute atomic E-state index is 13.5. The average Bonchev–Trinajstić information content (AvgIpc) is 3.27. The first kappa shape index (κ1) is 22.7. The second-order valence-corrected chi connectivity index (χ2v) is 10.6. The van der Waals surface area contributed by atoms with Gasteiger partial charge in [0.2, 0.25) is 0 Å². The Kier molecular flexibility index (Phi) is 5.97. The summed E-state index contributed by atoms with van der Waals surface area (Å²) in [4.78, 5) is 10.3. The number of rotatable bonds is 2. The van der Waals surface area contributed by atoms with Gasteiger partial charge in [-0.05, 0) is 77.7 Å². The fourth-order valence-electron chi connectivity index (χ4n) is 5.52. The van der Waals surface area contributed by atoms with E-state index in [0.717, 1.165) is 68.5 Å². The van der Waals surface area contributed by atoms with Crippen molar-refractivity contribution in [2.45, 2.75) is 83.5 Å². The number of alkyl halides is 3. The summed E-state index contributed by atoms with van der Waals surface area (Å²) < 4.78 is 40.5. The van der Waals surface area contributed by atoms with Gasteiger partial charge < -0.3 is 0 Å². The smallest absolute Gasteiger partial charge is 0.293 e. The Morgan fingerprint density at radius 2 is 1.65 bits per heavy atom. The lowest BCUT2D eigenvalue weighted by molar-refractivity contribution is -0.137. The van der Waals surface area contributed by atoms with Crippen LogP contribution in [0.4, 0.5) is 18.9 Å². The van der Waals surface area contributed by atoms with E-state index in [-0.39, 0.29) is 17.0 Å². The molecule has 3 aliphatic rings. The average molecular weight is 452 g/mol. The van der Waals surface area contributed by atoms with Crippen molar-refractivity contribution in [3.63, 3.8) is 0 Å². The first-order valence-corrected chi connectivity index (χ1v) is 11.8. The van der Waals surface area contributed by atoms with Crippen LogP contribution in [0.25, 0.3) is 0 Å². The summed E-state index contributed by atoms with van der Waals surface area (Å²) in [5.41, 5.74) is -0.751. The second kappa shape index (κ2) is 8.14. The third-order valence-corrected chi connectivity index (χ3v) is 7.35. The standard InChI is InChI=1S/C24H32F3N3S/c1-22(2,3)28-20-19(29-14-7-8-15-29)23(12-5-4-6-13-23)21(31)30(20)18-11-9-10-17(16-18)24(25,26)27/h9-11,16,19H,4-8,12-15H2,1-3H3/t19-/m1/s1. The van der Waals surface area contributed by atoms with Crippen LogP contribution in [0, 0.1) is 5.41 Å². The van der Waals surface area contributed by atoms with Crippen LogP contribution >= 0.6 is 12.2 Å². The number of thiocarbonyl (C=S) groups is 1. The Morgan fingerprint density at radius 3 is 2.23 bits per heavy atom. The van der Waals surface area contributed by atoms with Gasteiger partial charge in [-0.15, -0.1) is 0 Å². The van der Waals surface area contributed by atoms with Crippen molar-refractivity contribution in [1.29, 1.82) is 0 Å². The Labute approximate surface area is 188 Å². The van der Waals surface area contributed by atoms with Crippen molar-refractivity contribution in [3.05, 3.63) is 29.8 Å². The minimum Gasteiger partial charge on any atom is -0.293 e. The molecule has 31 heavy (non-hydrogen) atoms. The van der Waals surface area contributed by atoms with Crippen molar-refractivity contribution in [1.82, 2.24) is 4.90 Å². The number of anilines is 1. The molecule has 3 nitrogen and oxygen atoms in total. The van der Waals surface area contributed by atoms with Gasteiger partial charge in [0.25, 0.3) is 0 Å². The van der Waals surface area contributed by atoms with Crippen molar-refractivity contribution in [2.24, 2.45) is 10.4 Å². The summed E-state index contributed by atoms with van der Waals surface area (Å²) in [5.74, 6) is 0.834. The predicted octanol–water partition coefficient (Wildman–Crippen LogP) is 6.46. The van der Waals surface area contributed by atoms with Gasteiger partial charge in [0, 0.05) is 11.1 Å². The van der Waals surface area contributed by atoms with Crippen LogP contribution in [0.15, 0.2) is 29.3 Å². The molecule has 0 radical (unpaired) electrons. The van der Waals surface area contributed by atoms with Gasteiger partial charge in [-0.2, -0.15) is 13.2 Å². The van der Waals surface area contributed by atoms with Crippen LogP contribution < -0.4 is 4.90 Å². The quantitative estimate of drug-likeness (QED) is 0.481. The predicted molar refractivity (Wildman–Crippen MR) is 124 cm³/mol. The molecule has 0 bridgehead atoms. The van der Waals surface area contributed by atoms with Crippen LogP contribution in [0.2, 0.25) is 0 Å². The Balaban J connectivity index is 1.89. The van der Waals surface area contributed by atoms with Gasteiger partial charge >= 0.3 is 6.18 Å². The van der Waals surface area contributed by atoms with E-state index < -0.39 is 11.7 Å². The number of likely N-dealkylation sites (tertiary alicyclic amines) is 1. The minimum atomic E-state index is -4.39. The number of halogens is 3. The van der Waals surface area contributed by atoms with E-state index in [4.69, 9.17) is 17.2 Å². The highest BCUT2D eigenvalue weighted by atomic mass is 32.1. The molecule has 7 heteroatoms. The summed E-state index contributed by atoms with van der Waals surface area (Å²) in [6, 6.07) is 5.61. The highest BCUT2D eigenvalue weighted by Crippen LogP contribution is 2.51. The van der Waals surface area contributed by atoms with Crippen LogP contribution in [-0.2, 0) is 6.18 Å². The number of amidine groups is 1. The minimum absolute atomic E-state index is 0.0385. The molecule has 2 heterocycles. The highest BCUT2D eigenvalue weighted by Gasteiger charge is 2.58. The molecular weight excluding hydrogens is 419 g/mol. The van der Waals surface area contributed by atoms with E-state index >= 15 is 0 Å².